The molecule has 2 heterocycles. The number of nitrogens with zero attached hydrogens (tertiary/aromatic N) is 2. The summed E-state index contributed by atoms with van der Waals surface area (Å²) in [4.78, 5) is 6.01. The van der Waals surface area contributed by atoms with Crippen molar-refractivity contribution in [2.45, 2.75) is 13.0 Å². The number of aryl methyl sites for hydroxylation is 1. The van der Waals surface area contributed by atoms with Crippen LogP contribution in [0.5, 0.6) is 0 Å². The van der Waals surface area contributed by atoms with E-state index in [1.807, 2.05) is 6.07 Å². The van der Waals surface area contributed by atoms with E-state index in [1.54, 1.807) is 11.3 Å². The highest BCUT2D eigenvalue weighted by atomic mass is 79.9. The fourth-order valence-corrected chi connectivity index (χ4v) is 4.17. The first-order valence-corrected chi connectivity index (χ1v) is 9.11. The summed E-state index contributed by atoms with van der Waals surface area (Å²) in [5.74, 6) is 1.62. The molecule has 104 valence electrons. The van der Waals surface area contributed by atoms with Gasteiger partial charge in [0.2, 0.25) is 0 Å². The molecule has 0 atom stereocenters. The molecule has 3 aromatic rings. The highest BCUT2D eigenvalue weighted by molar-refractivity contribution is 9.10. The fourth-order valence-electron chi connectivity index (χ4n) is 2.19. The van der Waals surface area contributed by atoms with Gasteiger partial charge in [0.1, 0.15) is 5.82 Å². The molecule has 20 heavy (non-hydrogen) atoms. The van der Waals surface area contributed by atoms with Crippen molar-refractivity contribution in [3.8, 4) is 0 Å². The van der Waals surface area contributed by atoms with Crippen LogP contribution in [0, 0.1) is 0 Å². The Morgan fingerprint density at radius 3 is 2.80 bits per heavy atom. The van der Waals surface area contributed by atoms with Gasteiger partial charge < -0.3 is 4.57 Å². The minimum atomic E-state index is 0.579. The molecule has 0 fully saturated rings. The number of halogens is 3. The van der Waals surface area contributed by atoms with E-state index in [9.17, 15) is 0 Å². The number of alkyl halides is 1. The third-order valence-corrected chi connectivity index (χ3v) is 5.69. The van der Waals surface area contributed by atoms with Gasteiger partial charge in [0.25, 0.3) is 0 Å². The molecule has 0 aliphatic carbocycles. The predicted octanol–water partition coefficient (Wildman–Crippen LogP) is 5.45. The van der Waals surface area contributed by atoms with Gasteiger partial charge in [-0.1, -0.05) is 15.9 Å². The monoisotopic (exact) mass is 432 g/mol. The van der Waals surface area contributed by atoms with Gasteiger partial charge >= 0.3 is 0 Å². The molecular weight excluding hydrogens is 423 g/mol. The molecule has 0 saturated carbocycles. The second-order valence-electron chi connectivity index (χ2n) is 4.38. The number of imidazole rings is 1. The summed E-state index contributed by atoms with van der Waals surface area (Å²) in [6, 6.07) is 8.28. The maximum absolute atomic E-state index is 5.91. The molecule has 0 N–H and O–H groups in total. The van der Waals surface area contributed by atoms with E-state index in [0.717, 1.165) is 38.8 Å². The normalized spacial score (nSPS) is 11.3. The second kappa shape index (κ2) is 6.18. The van der Waals surface area contributed by atoms with Gasteiger partial charge in [0, 0.05) is 26.1 Å². The third-order valence-electron chi connectivity index (χ3n) is 3.10. The molecule has 2 nitrogen and oxygen atoms in total. The van der Waals surface area contributed by atoms with Crippen LogP contribution in [0.3, 0.4) is 0 Å². The van der Waals surface area contributed by atoms with Gasteiger partial charge in [-0.15, -0.1) is 22.9 Å². The summed E-state index contributed by atoms with van der Waals surface area (Å²) in [6.07, 6.45) is 0.775. The number of thiophene rings is 1. The molecule has 0 radical (unpaired) electrons. The summed E-state index contributed by atoms with van der Waals surface area (Å²) < 4.78 is 4.45. The average molecular weight is 435 g/mol. The van der Waals surface area contributed by atoms with Crippen LogP contribution in [0.15, 0.2) is 38.6 Å². The van der Waals surface area contributed by atoms with Gasteiger partial charge in [-0.2, -0.15) is 0 Å². The lowest BCUT2D eigenvalue weighted by Crippen LogP contribution is -2.05. The first-order valence-electron chi connectivity index (χ1n) is 6.11. The van der Waals surface area contributed by atoms with Crippen molar-refractivity contribution < 1.29 is 0 Å². The van der Waals surface area contributed by atoms with Crippen LogP contribution in [0.2, 0.25) is 0 Å². The Kier molecular flexibility index (Phi) is 4.50. The molecule has 2 aromatic heterocycles. The third kappa shape index (κ3) is 2.82. The summed E-state index contributed by atoms with van der Waals surface area (Å²) >= 11 is 14.8. The standard InChI is InChI=1S/C14H11Br2ClN2S/c15-9-1-2-12-11(7-9)18-14(3-5-17)19(12)8-13-10(16)4-6-20-13/h1-2,4,6-7H,3,5,8H2. The van der Waals surface area contributed by atoms with Gasteiger partial charge in [-0.25, -0.2) is 4.98 Å². The van der Waals surface area contributed by atoms with Crippen molar-refractivity contribution in [3.05, 3.63) is 49.3 Å². The lowest BCUT2D eigenvalue weighted by Gasteiger charge is -2.07. The maximum atomic E-state index is 5.91. The first-order chi connectivity index (χ1) is 9.69. The number of benzene rings is 1. The van der Waals surface area contributed by atoms with Crippen molar-refractivity contribution >= 4 is 65.8 Å². The van der Waals surface area contributed by atoms with Crippen LogP contribution in [0.4, 0.5) is 0 Å². The van der Waals surface area contributed by atoms with E-state index >= 15 is 0 Å². The van der Waals surface area contributed by atoms with Crippen LogP contribution >= 0.6 is 54.8 Å². The molecule has 0 unspecified atom stereocenters. The average Bonchev–Trinajstić information content (AvgIpc) is 2.96. The summed E-state index contributed by atoms with van der Waals surface area (Å²) in [6.45, 7) is 0.822. The zero-order chi connectivity index (χ0) is 14.1. The van der Waals surface area contributed by atoms with Crippen molar-refractivity contribution in [3.63, 3.8) is 0 Å². The molecule has 0 aliphatic heterocycles. The Morgan fingerprint density at radius 2 is 2.10 bits per heavy atom. The highest BCUT2D eigenvalue weighted by Crippen LogP contribution is 2.27. The number of hydrogen-bond acceptors (Lipinski definition) is 2. The lowest BCUT2D eigenvalue weighted by atomic mass is 10.3. The minimum absolute atomic E-state index is 0.579. The Bertz CT molecular complexity index is 751. The highest BCUT2D eigenvalue weighted by Gasteiger charge is 2.13. The van der Waals surface area contributed by atoms with E-state index in [1.165, 1.54) is 4.88 Å². The molecule has 0 amide bonds. The van der Waals surface area contributed by atoms with Gasteiger partial charge in [-0.05, 0) is 45.6 Å². The van der Waals surface area contributed by atoms with Crippen LogP contribution in [-0.2, 0) is 13.0 Å². The number of fused-ring (bicyclic) bond motifs is 1. The maximum Gasteiger partial charge on any atom is 0.111 e. The molecule has 0 bridgehead atoms. The zero-order valence-electron chi connectivity index (χ0n) is 10.4. The van der Waals surface area contributed by atoms with Crippen LogP contribution in [0.1, 0.15) is 10.7 Å². The number of rotatable bonds is 4. The SMILES string of the molecule is ClCCc1nc2cc(Br)ccc2n1Cc1sccc1Br. The summed E-state index contributed by atoms with van der Waals surface area (Å²) in [7, 11) is 0. The van der Waals surface area contributed by atoms with Crippen LogP contribution < -0.4 is 0 Å². The molecule has 6 heteroatoms. The summed E-state index contributed by atoms with van der Waals surface area (Å²) in [5, 5.41) is 2.09. The van der Waals surface area contributed by atoms with Crippen molar-refractivity contribution in [2.24, 2.45) is 0 Å². The molecule has 0 spiro atoms. The molecule has 0 saturated heterocycles. The number of aromatic nitrogens is 2. The molecule has 0 aliphatic rings. The topological polar surface area (TPSA) is 17.8 Å². The van der Waals surface area contributed by atoms with Crippen molar-refractivity contribution in [1.29, 1.82) is 0 Å². The van der Waals surface area contributed by atoms with E-state index in [-0.39, 0.29) is 0 Å². The fraction of sp³-hybridized carbons (Fsp3) is 0.214. The quantitative estimate of drug-likeness (QED) is 0.499. The van der Waals surface area contributed by atoms with E-state index < -0.39 is 0 Å². The lowest BCUT2D eigenvalue weighted by molar-refractivity contribution is 0.761. The van der Waals surface area contributed by atoms with Crippen LogP contribution in [-0.4, -0.2) is 15.4 Å². The predicted molar refractivity (Wildman–Crippen MR) is 93.0 cm³/mol. The first kappa shape index (κ1) is 14.6. The smallest absolute Gasteiger partial charge is 0.111 e. The molecule has 3 rings (SSSR count). The largest absolute Gasteiger partial charge is 0.323 e. The van der Waals surface area contributed by atoms with E-state index in [4.69, 9.17) is 16.6 Å². The summed E-state index contributed by atoms with van der Waals surface area (Å²) in [5.41, 5.74) is 2.15. The minimum Gasteiger partial charge on any atom is -0.323 e. The van der Waals surface area contributed by atoms with E-state index in [0.29, 0.717) is 5.88 Å². The zero-order valence-corrected chi connectivity index (χ0v) is 15.2. The van der Waals surface area contributed by atoms with Gasteiger partial charge in [-0.3, -0.25) is 0 Å². The molecule has 1 aromatic carbocycles. The van der Waals surface area contributed by atoms with E-state index in [2.05, 4.69) is 60.0 Å². The Hall–Kier alpha value is -0.360. The second-order valence-corrected chi connectivity index (χ2v) is 7.53. The van der Waals surface area contributed by atoms with Gasteiger partial charge in [0.05, 0.1) is 17.6 Å². The van der Waals surface area contributed by atoms with Gasteiger partial charge in [0.15, 0.2) is 0 Å². The Morgan fingerprint density at radius 1 is 1.25 bits per heavy atom. The Balaban J connectivity index is 2.11. The van der Waals surface area contributed by atoms with Crippen molar-refractivity contribution in [1.82, 2.24) is 9.55 Å². The Labute approximate surface area is 143 Å². The van der Waals surface area contributed by atoms with Crippen molar-refractivity contribution in [2.75, 3.05) is 5.88 Å². The number of hydrogen-bond donors (Lipinski definition) is 0. The van der Waals surface area contributed by atoms with Crippen LogP contribution in [0.25, 0.3) is 11.0 Å². The molecular formula is C14H11Br2ClN2S.